The molecule has 2 unspecified atom stereocenters. The van der Waals surface area contributed by atoms with E-state index in [1.165, 1.54) is 34.9 Å². The SMILES string of the molecule is CCCNC(CCC1CCCO1)c1cc(Br)ccc1C. The zero-order valence-electron chi connectivity index (χ0n) is 12.6. The van der Waals surface area contributed by atoms with Gasteiger partial charge in [-0.1, -0.05) is 28.9 Å². The summed E-state index contributed by atoms with van der Waals surface area (Å²) in [5, 5.41) is 3.70. The van der Waals surface area contributed by atoms with Crippen molar-refractivity contribution < 1.29 is 4.74 Å². The normalized spacial score (nSPS) is 20.2. The number of benzene rings is 1. The third-order valence-electron chi connectivity index (χ3n) is 4.06. The summed E-state index contributed by atoms with van der Waals surface area (Å²) >= 11 is 3.60. The maximum atomic E-state index is 5.76. The summed E-state index contributed by atoms with van der Waals surface area (Å²) in [7, 11) is 0. The smallest absolute Gasteiger partial charge is 0.0576 e. The molecule has 1 aliphatic heterocycles. The monoisotopic (exact) mass is 339 g/mol. The third kappa shape index (κ3) is 4.57. The molecular weight excluding hydrogens is 314 g/mol. The van der Waals surface area contributed by atoms with E-state index in [0.29, 0.717) is 12.1 Å². The van der Waals surface area contributed by atoms with Gasteiger partial charge in [-0.2, -0.15) is 0 Å². The van der Waals surface area contributed by atoms with Crippen molar-refractivity contribution in [1.29, 1.82) is 0 Å². The third-order valence-corrected chi connectivity index (χ3v) is 4.55. The van der Waals surface area contributed by atoms with E-state index in [1.807, 2.05) is 0 Å². The number of aryl methyl sites for hydroxylation is 1. The van der Waals surface area contributed by atoms with Crippen LogP contribution in [0.5, 0.6) is 0 Å². The summed E-state index contributed by atoms with van der Waals surface area (Å²) in [4.78, 5) is 0. The quantitative estimate of drug-likeness (QED) is 0.773. The van der Waals surface area contributed by atoms with Gasteiger partial charge in [0.25, 0.3) is 0 Å². The Morgan fingerprint density at radius 2 is 2.30 bits per heavy atom. The minimum absolute atomic E-state index is 0.441. The van der Waals surface area contributed by atoms with Crippen LogP contribution in [0.1, 0.15) is 56.2 Å². The van der Waals surface area contributed by atoms with Crippen molar-refractivity contribution in [3.63, 3.8) is 0 Å². The van der Waals surface area contributed by atoms with E-state index >= 15 is 0 Å². The molecule has 1 aliphatic rings. The Hall–Kier alpha value is -0.380. The van der Waals surface area contributed by atoms with Gasteiger partial charge in [-0.3, -0.25) is 0 Å². The number of halogens is 1. The van der Waals surface area contributed by atoms with Gasteiger partial charge in [-0.05, 0) is 68.8 Å². The van der Waals surface area contributed by atoms with Crippen molar-refractivity contribution in [2.75, 3.05) is 13.2 Å². The van der Waals surface area contributed by atoms with E-state index in [-0.39, 0.29) is 0 Å². The highest BCUT2D eigenvalue weighted by atomic mass is 79.9. The minimum atomic E-state index is 0.441. The lowest BCUT2D eigenvalue weighted by Crippen LogP contribution is -2.24. The summed E-state index contributed by atoms with van der Waals surface area (Å²) in [6.07, 6.45) is 6.43. The van der Waals surface area contributed by atoms with E-state index in [1.54, 1.807) is 0 Å². The fourth-order valence-electron chi connectivity index (χ4n) is 2.90. The van der Waals surface area contributed by atoms with Gasteiger partial charge in [0, 0.05) is 17.1 Å². The van der Waals surface area contributed by atoms with Gasteiger partial charge in [-0.25, -0.2) is 0 Å². The van der Waals surface area contributed by atoms with Crippen LogP contribution < -0.4 is 5.32 Å². The molecular formula is C17H26BrNO. The highest BCUT2D eigenvalue weighted by Gasteiger charge is 2.19. The van der Waals surface area contributed by atoms with Crippen LogP contribution in [0.2, 0.25) is 0 Å². The topological polar surface area (TPSA) is 21.3 Å². The second-order valence-electron chi connectivity index (χ2n) is 5.72. The minimum Gasteiger partial charge on any atom is -0.378 e. The summed E-state index contributed by atoms with van der Waals surface area (Å²) < 4.78 is 6.93. The van der Waals surface area contributed by atoms with Crippen LogP contribution in [0, 0.1) is 6.92 Å². The fourth-order valence-corrected chi connectivity index (χ4v) is 3.28. The molecule has 112 valence electrons. The summed E-state index contributed by atoms with van der Waals surface area (Å²) in [5.74, 6) is 0. The van der Waals surface area contributed by atoms with Crippen molar-refractivity contribution in [2.45, 2.75) is 58.1 Å². The molecule has 0 radical (unpaired) electrons. The molecule has 1 heterocycles. The average Bonchev–Trinajstić information content (AvgIpc) is 2.95. The summed E-state index contributed by atoms with van der Waals surface area (Å²) in [6.45, 7) is 6.45. The molecule has 0 aromatic heterocycles. The van der Waals surface area contributed by atoms with E-state index in [4.69, 9.17) is 4.74 Å². The Bertz CT molecular complexity index is 415. The van der Waals surface area contributed by atoms with Crippen molar-refractivity contribution in [1.82, 2.24) is 5.32 Å². The maximum absolute atomic E-state index is 5.76. The molecule has 2 nitrogen and oxygen atoms in total. The Kier molecular flexibility index (Phi) is 6.53. The Labute approximate surface area is 131 Å². The lowest BCUT2D eigenvalue weighted by Gasteiger charge is -2.22. The highest BCUT2D eigenvalue weighted by Crippen LogP contribution is 2.28. The van der Waals surface area contributed by atoms with E-state index in [0.717, 1.165) is 26.0 Å². The second kappa shape index (κ2) is 8.16. The van der Waals surface area contributed by atoms with Gasteiger partial charge in [0.2, 0.25) is 0 Å². The molecule has 1 fully saturated rings. The van der Waals surface area contributed by atoms with Gasteiger partial charge in [0.05, 0.1) is 6.10 Å². The standard InChI is InChI=1S/C17H26BrNO/c1-3-10-19-17(9-8-15-5-4-11-20-15)16-12-14(18)7-6-13(16)2/h6-7,12,15,17,19H,3-5,8-11H2,1-2H3. The summed E-state index contributed by atoms with van der Waals surface area (Å²) in [5.41, 5.74) is 2.79. The first kappa shape index (κ1) is 16.0. The first-order chi connectivity index (χ1) is 9.70. The van der Waals surface area contributed by atoms with Crippen LogP contribution in [-0.4, -0.2) is 19.3 Å². The molecule has 2 atom stereocenters. The van der Waals surface area contributed by atoms with E-state index in [9.17, 15) is 0 Å². The predicted octanol–water partition coefficient (Wildman–Crippen LogP) is 4.76. The molecule has 0 bridgehead atoms. The van der Waals surface area contributed by atoms with Crippen molar-refractivity contribution in [3.05, 3.63) is 33.8 Å². The molecule has 20 heavy (non-hydrogen) atoms. The molecule has 1 N–H and O–H groups in total. The van der Waals surface area contributed by atoms with Crippen molar-refractivity contribution >= 4 is 15.9 Å². The lowest BCUT2D eigenvalue weighted by molar-refractivity contribution is 0.0995. The maximum Gasteiger partial charge on any atom is 0.0576 e. The molecule has 1 aromatic rings. The predicted molar refractivity (Wildman–Crippen MR) is 88.1 cm³/mol. The van der Waals surface area contributed by atoms with Crippen LogP contribution >= 0.6 is 15.9 Å². The largest absolute Gasteiger partial charge is 0.378 e. The highest BCUT2D eigenvalue weighted by molar-refractivity contribution is 9.10. The number of hydrogen-bond donors (Lipinski definition) is 1. The summed E-state index contributed by atoms with van der Waals surface area (Å²) in [6, 6.07) is 7.02. The zero-order valence-corrected chi connectivity index (χ0v) is 14.2. The Morgan fingerprint density at radius 1 is 1.45 bits per heavy atom. The first-order valence-electron chi connectivity index (χ1n) is 7.81. The zero-order chi connectivity index (χ0) is 14.4. The van der Waals surface area contributed by atoms with Crippen LogP contribution in [0.4, 0.5) is 0 Å². The average molecular weight is 340 g/mol. The van der Waals surface area contributed by atoms with Crippen LogP contribution in [0.15, 0.2) is 22.7 Å². The van der Waals surface area contributed by atoms with Crippen molar-refractivity contribution in [3.8, 4) is 0 Å². The lowest BCUT2D eigenvalue weighted by atomic mass is 9.95. The van der Waals surface area contributed by atoms with E-state index in [2.05, 4.69) is 53.3 Å². The first-order valence-corrected chi connectivity index (χ1v) is 8.61. The van der Waals surface area contributed by atoms with Gasteiger partial charge in [-0.15, -0.1) is 0 Å². The molecule has 0 aliphatic carbocycles. The van der Waals surface area contributed by atoms with Gasteiger partial charge < -0.3 is 10.1 Å². The number of ether oxygens (including phenoxy) is 1. The number of rotatable bonds is 7. The Balaban J connectivity index is 2.02. The fraction of sp³-hybridized carbons (Fsp3) is 0.647. The Morgan fingerprint density at radius 3 is 3.00 bits per heavy atom. The molecule has 0 spiro atoms. The van der Waals surface area contributed by atoms with Gasteiger partial charge in [0.1, 0.15) is 0 Å². The molecule has 0 amide bonds. The second-order valence-corrected chi connectivity index (χ2v) is 6.64. The van der Waals surface area contributed by atoms with Gasteiger partial charge >= 0.3 is 0 Å². The molecule has 2 rings (SSSR count). The van der Waals surface area contributed by atoms with Crippen LogP contribution in [0.3, 0.4) is 0 Å². The van der Waals surface area contributed by atoms with Crippen LogP contribution in [0.25, 0.3) is 0 Å². The molecule has 0 saturated carbocycles. The van der Waals surface area contributed by atoms with Gasteiger partial charge in [0.15, 0.2) is 0 Å². The van der Waals surface area contributed by atoms with Crippen LogP contribution in [-0.2, 0) is 4.74 Å². The van der Waals surface area contributed by atoms with E-state index < -0.39 is 0 Å². The number of hydrogen-bond acceptors (Lipinski definition) is 2. The molecule has 3 heteroatoms. The molecule has 1 saturated heterocycles. The number of nitrogens with one attached hydrogen (secondary N) is 1. The molecule has 1 aromatic carbocycles. The van der Waals surface area contributed by atoms with Crippen molar-refractivity contribution in [2.24, 2.45) is 0 Å².